The molecule has 0 spiro atoms. The van der Waals surface area contributed by atoms with Crippen molar-refractivity contribution >= 4 is 11.6 Å². The molecule has 1 rings (SSSR count). The quantitative estimate of drug-likeness (QED) is 0.818. The highest BCUT2D eigenvalue weighted by atomic mass is 16.1. The van der Waals surface area contributed by atoms with Gasteiger partial charge in [-0.1, -0.05) is 6.07 Å². The van der Waals surface area contributed by atoms with E-state index >= 15 is 0 Å². The maximum Gasteiger partial charge on any atom is 0.253 e. The highest BCUT2D eigenvalue weighted by Crippen LogP contribution is 2.17. The van der Waals surface area contributed by atoms with Gasteiger partial charge >= 0.3 is 0 Å². The summed E-state index contributed by atoms with van der Waals surface area (Å²) in [5.74, 6) is -0.0223. The molecule has 0 aromatic heterocycles. The van der Waals surface area contributed by atoms with Crippen LogP contribution in [0.25, 0.3) is 0 Å². The second-order valence-electron chi connectivity index (χ2n) is 4.21. The van der Waals surface area contributed by atoms with Crippen molar-refractivity contribution in [2.24, 2.45) is 0 Å². The predicted molar refractivity (Wildman–Crippen MR) is 67.9 cm³/mol. The van der Waals surface area contributed by atoms with E-state index in [1.165, 1.54) is 0 Å². The van der Waals surface area contributed by atoms with E-state index in [1.807, 2.05) is 45.9 Å². The molecule has 0 saturated carbocycles. The van der Waals surface area contributed by atoms with E-state index < -0.39 is 0 Å². The van der Waals surface area contributed by atoms with Crippen LogP contribution in [0.4, 0.5) is 5.69 Å². The monoisotopic (exact) mass is 220 g/mol. The third kappa shape index (κ3) is 3.26. The van der Waals surface area contributed by atoms with Gasteiger partial charge in [-0.3, -0.25) is 4.79 Å². The van der Waals surface area contributed by atoms with Crippen molar-refractivity contribution in [3.63, 3.8) is 0 Å². The van der Waals surface area contributed by atoms with Crippen molar-refractivity contribution in [3.05, 3.63) is 29.3 Å². The van der Waals surface area contributed by atoms with Gasteiger partial charge < -0.3 is 10.6 Å². The first-order valence-electron chi connectivity index (χ1n) is 5.70. The van der Waals surface area contributed by atoms with E-state index in [9.17, 15) is 4.79 Å². The SMILES string of the molecule is CCNc1cc(C)ccc1C(=O)NC(C)C. The zero-order valence-electron chi connectivity index (χ0n) is 10.4. The number of carbonyl (C=O) groups is 1. The Labute approximate surface area is 97.2 Å². The molecule has 0 aliphatic rings. The number of carbonyl (C=O) groups excluding carboxylic acids is 1. The summed E-state index contributed by atoms with van der Waals surface area (Å²) in [5.41, 5.74) is 2.76. The molecule has 1 amide bonds. The van der Waals surface area contributed by atoms with Gasteiger partial charge in [-0.15, -0.1) is 0 Å². The largest absolute Gasteiger partial charge is 0.385 e. The maximum atomic E-state index is 11.9. The first-order chi connectivity index (χ1) is 7.54. The molecule has 3 heteroatoms. The van der Waals surface area contributed by atoms with Crippen LogP contribution in [0.1, 0.15) is 36.7 Å². The lowest BCUT2D eigenvalue weighted by atomic mass is 10.1. The molecular formula is C13H20N2O. The van der Waals surface area contributed by atoms with Gasteiger partial charge in [0, 0.05) is 18.3 Å². The number of nitrogens with one attached hydrogen (secondary N) is 2. The fourth-order valence-corrected chi connectivity index (χ4v) is 1.53. The predicted octanol–water partition coefficient (Wildman–Crippen LogP) is 2.57. The van der Waals surface area contributed by atoms with E-state index in [2.05, 4.69) is 10.6 Å². The summed E-state index contributed by atoms with van der Waals surface area (Å²) in [6, 6.07) is 5.98. The second kappa shape index (κ2) is 5.54. The summed E-state index contributed by atoms with van der Waals surface area (Å²) in [5, 5.41) is 6.11. The van der Waals surface area contributed by atoms with E-state index in [0.29, 0.717) is 5.56 Å². The first kappa shape index (κ1) is 12.6. The fraction of sp³-hybridized carbons (Fsp3) is 0.462. The van der Waals surface area contributed by atoms with Gasteiger partial charge in [-0.25, -0.2) is 0 Å². The average molecular weight is 220 g/mol. The lowest BCUT2D eigenvalue weighted by Crippen LogP contribution is -2.30. The van der Waals surface area contributed by atoms with Gasteiger partial charge in [0.2, 0.25) is 0 Å². The number of hydrogen-bond acceptors (Lipinski definition) is 2. The van der Waals surface area contributed by atoms with Crippen LogP contribution in [-0.2, 0) is 0 Å². The van der Waals surface area contributed by atoms with Crippen molar-refractivity contribution in [1.29, 1.82) is 0 Å². The Morgan fingerprint density at radius 2 is 2.06 bits per heavy atom. The van der Waals surface area contributed by atoms with Gasteiger partial charge in [-0.2, -0.15) is 0 Å². The standard InChI is InChI=1S/C13H20N2O/c1-5-14-12-8-10(4)6-7-11(12)13(16)15-9(2)3/h6-9,14H,5H2,1-4H3,(H,15,16). The van der Waals surface area contributed by atoms with Crippen LogP contribution in [0.2, 0.25) is 0 Å². The summed E-state index contributed by atoms with van der Waals surface area (Å²) < 4.78 is 0. The molecule has 0 saturated heterocycles. The smallest absolute Gasteiger partial charge is 0.253 e. The molecule has 0 aliphatic carbocycles. The van der Waals surface area contributed by atoms with Crippen molar-refractivity contribution in [2.45, 2.75) is 33.7 Å². The maximum absolute atomic E-state index is 11.9. The third-order valence-corrected chi connectivity index (χ3v) is 2.21. The molecule has 0 unspecified atom stereocenters. The molecule has 1 aromatic rings. The Morgan fingerprint density at radius 1 is 1.38 bits per heavy atom. The highest BCUT2D eigenvalue weighted by Gasteiger charge is 2.11. The molecule has 0 aliphatic heterocycles. The lowest BCUT2D eigenvalue weighted by Gasteiger charge is -2.13. The Balaban J connectivity index is 2.97. The Morgan fingerprint density at radius 3 is 2.62 bits per heavy atom. The number of rotatable bonds is 4. The van der Waals surface area contributed by atoms with Gasteiger partial charge in [0.1, 0.15) is 0 Å². The number of amides is 1. The van der Waals surface area contributed by atoms with Crippen molar-refractivity contribution in [2.75, 3.05) is 11.9 Å². The normalized spacial score (nSPS) is 10.3. The fourth-order valence-electron chi connectivity index (χ4n) is 1.53. The van der Waals surface area contributed by atoms with E-state index in [0.717, 1.165) is 17.8 Å². The second-order valence-corrected chi connectivity index (χ2v) is 4.21. The highest BCUT2D eigenvalue weighted by molar-refractivity contribution is 5.99. The van der Waals surface area contributed by atoms with E-state index in [1.54, 1.807) is 0 Å². The number of anilines is 1. The van der Waals surface area contributed by atoms with Gasteiger partial charge in [0.25, 0.3) is 5.91 Å². The molecule has 1 aromatic carbocycles. The number of benzene rings is 1. The first-order valence-corrected chi connectivity index (χ1v) is 5.70. The van der Waals surface area contributed by atoms with Crippen molar-refractivity contribution < 1.29 is 4.79 Å². The van der Waals surface area contributed by atoms with Crippen molar-refractivity contribution in [3.8, 4) is 0 Å². The molecule has 0 fully saturated rings. The van der Waals surface area contributed by atoms with Crippen LogP contribution >= 0.6 is 0 Å². The Kier molecular flexibility index (Phi) is 4.35. The van der Waals surface area contributed by atoms with E-state index in [4.69, 9.17) is 0 Å². The number of hydrogen-bond donors (Lipinski definition) is 2. The summed E-state index contributed by atoms with van der Waals surface area (Å²) in [4.78, 5) is 11.9. The molecular weight excluding hydrogens is 200 g/mol. The average Bonchev–Trinajstić information content (AvgIpc) is 2.17. The molecule has 2 N–H and O–H groups in total. The van der Waals surface area contributed by atoms with Gasteiger partial charge in [-0.05, 0) is 45.4 Å². The van der Waals surface area contributed by atoms with E-state index in [-0.39, 0.29) is 11.9 Å². The van der Waals surface area contributed by atoms with Crippen LogP contribution in [0, 0.1) is 6.92 Å². The molecule has 0 atom stereocenters. The minimum absolute atomic E-state index is 0.0223. The van der Waals surface area contributed by atoms with Gasteiger partial charge in [0.05, 0.1) is 5.56 Å². The Hall–Kier alpha value is -1.51. The zero-order valence-corrected chi connectivity index (χ0v) is 10.4. The summed E-state index contributed by atoms with van der Waals surface area (Å²) in [6.45, 7) is 8.76. The van der Waals surface area contributed by atoms with Crippen LogP contribution < -0.4 is 10.6 Å². The third-order valence-electron chi connectivity index (χ3n) is 2.21. The lowest BCUT2D eigenvalue weighted by molar-refractivity contribution is 0.0944. The molecule has 0 bridgehead atoms. The van der Waals surface area contributed by atoms with Crippen molar-refractivity contribution in [1.82, 2.24) is 5.32 Å². The summed E-state index contributed by atoms with van der Waals surface area (Å²) in [6.07, 6.45) is 0. The van der Waals surface area contributed by atoms with Crippen LogP contribution in [0.15, 0.2) is 18.2 Å². The molecule has 16 heavy (non-hydrogen) atoms. The minimum Gasteiger partial charge on any atom is -0.385 e. The van der Waals surface area contributed by atoms with Gasteiger partial charge in [0.15, 0.2) is 0 Å². The summed E-state index contributed by atoms with van der Waals surface area (Å²) >= 11 is 0. The molecule has 3 nitrogen and oxygen atoms in total. The zero-order chi connectivity index (χ0) is 12.1. The molecule has 0 radical (unpaired) electrons. The van der Waals surface area contributed by atoms with Crippen LogP contribution in [0.3, 0.4) is 0 Å². The summed E-state index contributed by atoms with van der Waals surface area (Å²) in [7, 11) is 0. The minimum atomic E-state index is -0.0223. The number of aryl methyl sites for hydroxylation is 1. The van der Waals surface area contributed by atoms with Crippen LogP contribution in [-0.4, -0.2) is 18.5 Å². The topological polar surface area (TPSA) is 41.1 Å². The van der Waals surface area contributed by atoms with Crippen LogP contribution in [0.5, 0.6) is 0 Å². The Bertz CT molecular complexity index is 372. The molecule has 0 heterocycles. The molecule has 88 valence electrons.